The zero-order valence-corrected chi connectivity index (χ0v) is 14.7. The summed E-state index contributed by atoms with van der Waals surface area (Å²) in [5, 5.41) is 0.971. The third kappa shape index (κ3) is 4.09. The van der Waals surface area contributed by atoms with Gasteiger partial charge >= 0.3 is 0 Å². The number of pyridine rings is 1. The predicted octanol–water partition coefficient (Wildman–Crippen LogP) is 3.59. The van der Waals surface area contributed by atoms with Gasteiger partial charge in [0.05, 0.1) is 12.1 Å². The second-order valence-corrected chi connectivity index (χ2v) is 6.95. The number of aromatic nitrogens is 1. The Labute approximate surface area is 147 Å². The summed E-state index contributed by atoms with van der Waals surface area (Å²) in [5.74, 6) is 2.29. The van der Waals surface area contributed by atoms with Gasteiger partial charge in [0.15, 0.2) is 0 Å². The highest BCUT2D eigenvalue weighted by Crippen LogP contribution is 2.33. The Morgan fingerprint density at radius 3 is 2.92 bits per heavy atom. The van der Waals surface area contributed by atoms with Gasteiger partial charge in [0, 0.05) is 37.4 Å². The van der Waals surface area contributed by atoms with Crippen LogP contribution in [0.3, 0.4) is 0 Å². The molecule has 1 saturated heterocycles. The molecule has 0 spiro atoms. The molecule has 2 heterocycles. The molecule has 24 heavy (non-hydrogen) atoms. The number of methoxy groups -OCH3 is 1. The highest BCUT2D eigenvalue weighted by molar-refractivity contribution is 7.99. The Bertz CT molecular complexity index is 678. The van der Waals surface area contributed by atoms with Crippen LogP contribution in [-0.2, 0) is 4.79 Å². The van der Waals surface area contributed by atoms with Gasteiger partial charge in [0.25, 0.3) is 0 Å². The normalized spacial score (nSPS) is 17.0. The molecule has 5 heteroatoms. The van der Waals surface area contributed by atoms with Crippen LogP contribution in [0.15, 0.2) is 53.7 Å². The molecule has 1 unspecified atom stereocenters. The number of ether oxygens (including phenoxy) is 1. The van der Waals surface area contributed by atoms with Crippen molar-refractivity contribution in [1.82, 2.24) is 9.88 Å². The molecular weight excluding hydrogens is 320 g/mol. The molecule has 126 valence electrons. The molecule has 0 bridgehead atoms. The van der Waals surface area contributed by atoms with E-state index < -0.39 is 0 Å². The molecule has 3 rings (SSSR count). The molecule has 1 aliphatic heterocycles. The van der Waals surface area contributed by atoms with Gasteiger partial charge in [-0.05, 0) is 30.2 Å². The van der Waals surface area contributed by atoms with Crippen LogP contribution in [0.5, 0.6) is 5.75 Å². The Morgan fingerprint density at radius 2 is 2.12 bits per heavy atom. The molecular formula is C19H22N2O2S. The van der Waals surface area contributed by atoms with E-state index in [1.807, 2.05) is 41.3 Å². The largest absolute Gasteiger partial charge is 0.496 e. The fourth-order valence-electron chi connectivity index (χ4n) is 3.08. The van der Waals surface area contributed by atoms with Crippen LogP contribution in [0.4, 0.5) is 0 Å². The average Bonchev–Trinajstić information content (AvgIpc) is 3.12. The molecule has 1 atom stereocenters. The first-order chi connectivity index (χ1) is 11.8. The molecule has 4 nitrogen and oxygen atoms in total. The van der Waals surface area contributed by atoms with Gasteiger partial charge < -0.3 is 9.64 Å². The Kier molecular flexibility index (Phi) is 5.75. The molecule has 1 aromatic carbocycles. The molecule has 0 N–H and O–H groups in total. The smallest absolute Gasteiger partial charge is 0.223 e. The lowest BCUT2D eigenvalue weighted by Gasteiger charge is -2.18. The summed E-state index contributed by atoms with van der Waals surface area (Å²) in [7, 11) is 1.70. The van der Waals surface area contributed by atoms with Gasteiger partial charge in [0.2, 0.25) is 5.91 Å². The van der Waals surface area contributed by atoms with Crippen LogP contribution in [-0.4, -0.2) is 41.7 Å². The zero-order valence-electron chi connectivity index (χ0n) is 13.9. The first-order valence-corrected chi connectivity index (χ1v) is 9.21. The number of carbonyl (C=O) groups is 1. The second kappa shape index (κ2) is 8.20. The number of thioether (sulfide) groups is 1. The number of amides is 1. The summed E-state index contributed by atoms with van der Waals surface area (Å²) in [6.45, 7) is 1.61. The number of hydrogen-bond donors (Lipinski definition) is 0. The Balaban J connectivity index is 1.51. The number of likely N-dealkylation sites (tertiary alicyclic amines) is 1. The SMILES string of the molecule is COc1ccccc1C1CCN(C(=O)CCSc2ccccn2)C1. The number of benzene rings is 1. The third-order valence-electron chi connectivity index (χ3n) is 4.32. The lowest BCUT2D eigenvalue weighted by Crippen LogP contribution is -2.28. The molecule has 0 aliphatic carbocycles. The minimum Gasteiger partial charge on any atom is -0.496 e. The minimum atomic E-state index is 0.232. The molecule has 1 aliphatic rings. The van der Waals surface area contributed by atoms with Crippen molar-refractivity contribution < 1.29 is 9.53 Å². The van der Waals surface area contributed by atoms with E-state index in [4.69, 9.17) is 4.74 Å². The third-order valence-corrected chi connectivity index (χ3v) is 5.27. The fraction of sp³-hybridized carbons (Fsp3) is 0.368. The fourth-order valence-corrected chi connectivity index (χ4v) is 3.87. The molecule has 0 radical (unpaired) electrons. The van der Waals surface area contributed by atoms with E-state index in [0.29, 0.717) is 12.3 Å². The maximum atomic E-state index is 12.4. The lowest BCUT2D eigenvalue weighted by atomic mass is 9.97. The van der Waals surface area contributed by atoms with E-state index in [0.717, 1.165) is 36.0 Å². The van der Waals surface area contributed by atoms with Crippen molar-refractivity contribution in [2.24, 2.45) is 0 Å². The summed E-state index contributed by atoms with van der Waals surface area (Å²) in [6.07, 6.45) is 3.34. The number of rotatable bonds is 6. The molecule has 2 aromatic rings. The lowest BCUT2D eigenvalue weighted by molar-refractivity contribution is -0.129. The summed E-state index contributed by atoms with van der Waals surface area (Å²) in [6, 6.07) is 14.0. The number of hydrogen-bond acceptors (Lipinski definition) is 4. The number of nitrogens with zero attached hydrogens (tertiary/aromatic N) is 2. The average molecular weight is 342 g/mol. The standard InChI is InChI=1S/C19H22N2O2S/c1-23-17-7-3-2-6-16(17)15-9-12-21(14-15)19(22)10-13-24-18-8-4-5-11-20-18/h2-8,11,15H,9-10,12-14H2,1H3. The predicted molar refractivity (Wildman–Crippen MR) is 96.5 cm³/mol. The van der Waals surface area contributed by atoms with Crippen LogP contribution in [0, 0.1) is 0 Å². The Morgan fingerprint density at radius 1 is 1.29 bits per heavy atom. The van der Waals surface area contributed by atoms with E-state index in [2.05, 4.69) is 11.1 Å². The monoisotopic (exact) mass is 342 g/mol. The van der Waals surface area contributed by atoms with Crippen LogP contribution in [0.1, 0.15) is 24.3 Å². The summed E-state index contributed by atoms with van der Waals surface area (Å²) in [4.78, 5) is 18.7. The molecule has 0 saturated carbocycles. The van der Waals surface area contributed by atoms with Crippen molar-refractivity contribution in [2.75, 3.05) is 26.0 Å². The first kappa shape index (κ1) is 16.8. The van der Waals surface area contributed by atoms with Gasteiger partial charge in [-0.25, -0.2) is 4.98 Å². The van der Waals surface area contributed by atoms with Gasteiger partial charge in [-0.2, -0.15) is 0 Å². The van der Waals surface area contributed by atoms with Gasteiger partial charge in [-0.3, -0.25) is 4.79 Å². The van der Waals surface area contributed by atoms with Crippen LogP contribution in [0.2, 0.25) is 0 Å². The molecule has 1 fully saturated rings. The quantitative estimate of drug-likeness (QED) is 0.753. The van der Waals surface area contributed by atoms with E-state index in [9.17, 15) is 4.79 Å². The second-order valence-electron chi connectivity index (χ2n) is 5.83. The van der Waals surface area contributed by atoms with Crippen molar-refractivity contribution in [3.05, 3.63) is 54.2 Å². The minimum absolute atomic E-state index is 0.232. The van der Waals surface area contributed by atoms with Crippen LogP contribution < -0.4 is 4.74 Å². The summed E-state index contributed by atoms with van der Waals surface area (Å²) < 4.78 is 5.45. The summed E-state index contributed by atoms with van der Waals surface area (Å²) in [5.41, 5.74) is 1.21. The first-order valence-electron chi connectivity index (χ1n) is 8.22. The van der Waals surface area contributed by atoms with Gasteiger partial charge in [-0.1, -0.05) is 24.3 Å². The molecule has 1 amide bonds. The Hall–Kier alpha value is -2.01. The van der Waals surface area contributed by atoms with E-state index >= 15 is 0 Å². The highest BCUT2D eigenvalue weighted by Gasteiger charge is 2.28. The summed E-state index contributed by atoms with van der Waals surface area (Å²) >= 11 is 1.63. The van der Waals surface area contributed by atoms with Crippen molar-refractivity contribution in [3.63, 3.8) is 0 Å². The zero-order chi connectivity index (χ0) is 16.8. The highest BCUT2D eigenvalue weighted by atomic mass is 32.2. The number of carbonyl (C=O) groups excluding carboxylic acids is 1. The van der Waals surface area contributed by atoms with Crippen molar-refractivity contribution >= 4 is 17.7 Å². The van der Waals surface area contributed by atoms with E-state index in [-0.39, 0.29) is 5.91 Å². The van der Waals surface area contributed by atoms with Crippen molar-refractivity contribution in [2.45, 2.75) is 23.8 Å². The van der Waals surface area contributed by atoms with Gasteiger partial charge in [-0.15, -0.1) is 11.8 Å². The van der Waals surface area contributed by atoms with E-state index in [1.54, 1.807) is 25.1 Å². The molecule has 1 aromatic heterocycles. The van der Waals surface area contributed by atoms with Crippen LogP contribution in [0.25, 0.3) is 0 Å². The van der Waals surface area contributed by atoms with Crippen molar-refractivity contribution in [3.8, 4) is 5.75 Å². The topological polar surface area (TPSA) is 42.4 Å². The maximum Gasteiger partial charge on any atom is 0.223 e. The number of para-hydroxylation sites is 1. The maximum absolute atomic E-state index is 12.4. The van der Waals surface area contributed by atoms with E-state index in [1.165, 1.54) is 5.56 Å². The van der Waals surface area contributed by atoms with Gasteiger partial charge in [0.1, 0.15) is 5.75 Å². The van der Waals surface area contributed by atoms with Crippen LogP contribution >= 0.6 is 11.8 Å². The van der Waals surface area contributed by atoms with Crippen molar-refractivity contribution in [1.29, 1.82) is 0 Å².